The Morgan fingerprint density at radius 1 is 0.600 bits per heavy atom. The Balaban J connectivity index is 0. The maximum absolute atomic E-state index is 3.45. The van der Waals surface area contributed by atoms with Crippen LogP contribution in [0.2, 0.25) is 0 Å². The Hall–Kier alpha value is -0.0400. The molecule has 1 heteroatoms. The summed E-state index contributed by atoms with van der Waals surface area (Å²) in [5.41, 5.74) is 0. The predicted molar refractivity (Wildman–Crippen MR) is 72.5 cm³/mol. The lowest BCUT2D eigenvalue weighted by molar-refractivity contribution is 0.548. The largest absolute Gasteiger partial charge is 0.317 e. The summed E-state index contributed by atoms with van der Waals surface area (Å²) in [7, 11) is 0. The summed E-state index contributed by atoms with van der Waals surface area (Å²) in [6.45, 7) is 6.92. The summed E-state index contributed by atoms with van der Waals surface area (Å²) in [5, 5.41) is 3.45. The summed E-state index contributed by atoms with van der Waals surface area (Å²) in [5.74, 6) is 0. The van der Waals surface area contributed by atoms with E-state index in [1.807, 2.05) is 0 Å². The second-order valence-corrected chi connectivity index (χ2v) is 4.58. The number of rotatable bonds is 12. The highest BCUT2D eigenvalue weighted by molar-refractivity contribution is 4.49. The molecule has 0 aliphatic carbocycles. The van der Waals surface area contributed by atoms with Crippen LogP contribution in [0.25, 0.3) is 0 Å². The summed E-state index contributed by atoms with van der Waals surface area (Å²) in [4.78, 5) is 0. The molecule has 0 rings (SSSR count). The highest BCUT2D eigenvalue weighted by Gasteiger charge is 1.91. The van der Waals surface area contributed by atoms with Crippen molar-refractivity contribution in [2.45, 2.75) is 78.1 Å². The molecule has 0 fully saturated rings. The van der Waals surface area contributed by atoms with Gasteiger partial charge in [0.1, 0.15) is 0 Å². The molecule has 15 heavy (non-hydrogen) atoms. The maximum atomic E-state index is 3.45. The molecule has 0 heterocycles. The first-order valence-electron chi connectivity index (χ1n) is 7.12. The molecule has 0 aromatic carbocycles. The molecule has 94 valence electrons. The van der Waals surface area contributed by atoms with Gasteiger partial charge in [-0.25, -0.2) is 0 Å². The van der Waals surface area contributed by atoms with Crippen LogP contribution in [0.1, 0.15) is 79.5 Å². The molecule has 1 nitrogen and oxygen atoms in total. The van der Waals surface area contributed by atoms with Gasteiger partial charge in [-0.05, 0) is 25.9 Å². The molecule has 0 spiro atoms. The first kappa shape index (κ1) is 15.0. The molecule has 0 aromatic rings. The van der Waals surface area contributed by atoms with E-state index in [2.05, 4.69) is 19.2 Å². The topological polar surface area (TPSA) is 12.0 Å². The van der Waals surface area contributed by atoms with Crippen molar-refractivity contribution in [3.63, 3.8) is 0 Å². The Labute approximate surface area is 98.5 Å². The third-order valence-electron chi connectivity index (χ3n) is 2.88. The van der Waals surface area contributed by atoms with Crippen LogP contribution >= 0.6 is 0 Å². The minimum Gasteiger partial charge on any atom is -0.317 e. The fourth-order valence-electron chi connectivity index (χ4n) is 1.86. The predicted octanol–water partition coefficient (Wildman–Crippen LogP) is 4.76. The van der Waals surface area contributed by atoms with Crippen LogP contribution < -0.4 is 5.32 Å². The molecular weight excluding hydrogens is 182 g/mol. The average Bonchev–Trinajstić information content (AvgIpc) is 2.26. The van der Waals surface area contributed by atoms with Gasteiger partial charge in [0, 0.05) is 1.43 Å². The number of unbranched alkanes of at least 4 members (excludes halogenated alkanes) is 8. The molecule has 0 amide bonds. The summed E-state index contributed by atoms with van der Waals surface area (Å²) < 4.78 is 0. The van der Waals surface area contributed by atoms with Crippen molar-refractivity contribution in [3.8, 4) is 0 Å². The summed E-state index contributed by atoms with van der Waals surface area (Å²) in [6, 6.07) is 0. The van der Waals surface area contributed by atoms with Gasteiger partial charge in [-0.15, -0.1) is 0 Å². The van der Waals surface area contributed by atoms with Gasteiger partial charge in [0.2, 0.25) is 0 Å². The van der Waals surface area contributed by atoms with E-state index in [1.165, 1.54) is 77.3 Å². The molecule has 0 saturated carbocycles. The first-order chi connectivity index (χ1) is 7.41. The van der Waals surface area contributed by atoms with Crippen LogP contribution in [-0.2, 0) is 0 Å². The molecule has 0 aliphatic rings. The Morgan fingerprint density at radius 3 is 1.67 bits per heavy atom. The second-order valence-electron chi connectivity index (χ2n) is 4.58. The van der Waals surface area contributed by atoms with Gasteiger partial charge in [-0.3, -0.25) is 0 Å². The summed E-state index contributed by atoms with van der Waals surface area (Å²) >= 11 is 0. The smallest absolute Gasteiger partial charge is 0 e. The van der Waals surface area contributed by atoms with Gasteiger partial charge in [-0.1, -0.05) is 65.2 Å². The molecule has 0 unspecified atom stereocenters. The quantitative estimate of drug-likeness (QED) is 0.463. The van der Waals surface area contributed by atoms with Gasteiger partial charge in [-0.2, -0.15) is 0 Å². The lowest BCUT2D eigenvalue weighted by Crippen LogP contribution is -2.15. The van der Waals surface area contributed by atoms with Crippen LogP contribution in [-0.4, -0.2) is 13.1 Å². The minimum absolute atomic E-state index is 0. The monoisotopic (exact) mass is 215 g/mol. The third kappa shape index (κ3) is 14.0. The van der Waals surface area contributed by atoms with Crippen LogP contribution in [0.3, 0.4) is 0 Å². The number of hydrogen-bond acceptors (Lipinski definition) is 1. The van der Waals surface area contributed by atoms with Gasteiger partial charge < -0.3 is 5.32 Å². The Bertz CT molecular complexity index is 94.9. The molecular formula is C14H33N. The molecule has 1 N–H and O–H groups in total. The van der Waals surface area contributed by atoms with E-state index in [-0.39, 0.29) is 1.43 Å². The van der Waals surface area contributed by atoms with Crippen molar-refractivity contribution in [2.24, 2.45) is 0 Å². The SMILES string of the molecule is CCCCCCCCCCCNCCC.[HH]. The minimum atomic E-state index is 0. The van der Waals surface area contributed by atoms with Gasteiger partial charge in [0.15, 0.2) is 0 Å². The van der Waals surface area contributed by atoms with Gasteiger partial charge >= 0.3 is 0 Å². The number of hydrogen-bond donors (Lipinski definition) is 1. The van der Waals surface area contributed by atoms with Crippen LogP contribution in [0, 0.1) is 0 Å². The van der Waals surface area contributed by atoms with Crippen LogP contribution in [0.5, 0.6) is 0 Å². The van der Waals surface area contributed by atoms with Crippen LogP contribution in [0.15, 0.2) is 0 Å². The average molecular weight is 215 g/mol. The van der Waals surface area contributed by atoms with Crippen molar-refractivity contribution in [3.05, 3.63) is 0 Å². The van der Waals surface area contributed by atoms with E-state index >= 15 is 0 Å². The first-order valence-corrected chi connectivity index (χ1v) is 7.12. The maximum Gasteiger partial charge on any atom is 0 e. The van der Waals surface area contributed by atoms with E-state index in [9.17, 15) is 0 Å². The second kappa shape index (κ2) is 14.0. The van der Waals surface area contributed by atoms with E-state index in [1.54, 1.807) is 0 Å². The normalized spacial score (nSPS) is 10.8. The van der Waals surface area contributed by atoms with Gasteiger partial charge in [0.25, 0.3) is 0 Å². The molecule has 0 aliphatic heterocycles. The standard InChI is InChI=1S/C14H31N.H2/c1-3-5-6-7-8-9-10-11-12-14-15-13-4-2;/h15H,3-14H2,1-2H3;1H. The lowest BCUT2D eigenvalue weighted by Gasteiger charge is -2.03. The zero-order chi connectivity index (χ0) is 11.2. The zero-order valence-electron chi connectivity index (χ0n) is 11.0. The fourth-order valence-corrected chi connectivity index (χ4v) is 1.86. The van der Waals surface area contributed by atoms with Crippen molar-refractivity contribution in [1.82, 2.24) is 5.32 Å². The molecule has 0 bridgehead atoms. The van der Waals surface area contributed by atoms with Crippen molar-refractivity contribution >= 4 is 0 Å². The van der Waals surface area contributed by atoms with E-state index < -0.39 is 0 Å². The lowest BCUT2D eigenvalue weighted by atomic mass is 10.1. The van der Waals surface area contributed by atoms with E-state index in [4.69, 9.17) is 0 Å². The number of nitrogens with one attached hydrogen (secondary N) is 1. The van der Waals surface area contributed by atoms with Crippen molar-refractivity contribution in [1.29, 1.82) is 0 Å². The van der Waals surface area contributed by atoms with Crippen LogP contribution in [0.4, 0.5) is 0 Å². The molecule has 0 saturated heterocycles. The highest BCUT2D eigenvalue weighted by atomic mass is 14.8. The van der Waals surface area contributed by atoms with E-state index in [0.717, 1.165) is 0 Å². The Kier molecular flexibility index (Phi) is 13.9. The highest BCUT2D eigenvalue weighted by Crippen LogP contribution is 2.08. The summed E-state index contributed by atoms with van der Waals surface area (Å²) in [6.07, 6.45) is 14.1. The zero-order valence-corrected chi connectivity index (χ0v) is 11.0. The van der Waals surface area contributed by atoms with E-state index in [0.29, 0.717) is 0 Å². The van der Waals surface area contributed by atoms with Crippen molar-refractivity contribution in [2.75, 3.05) is 13.1 Å². The third-order valence-corrected chi connectivity index (χ3v) is 2.88. The Morgan fingerprint density at radius 2 is 1.13 bits per heavy atom. The molecule has 0 atom stereocenters. The van der Waals surface area contributed by atoms with Crippen molar-refractivity contribution < 1.29 is 1.43 Å². The molecule has 0 aromatic heterocycles. The fraction of sp³-hybridized carbons (Fsp3) is 1.00. The van der Waals surface area contributed by atoms with Gasteiger partial charge in [0.05, 0.1) is 0 Å². The molecule has 0 radical (unpaired) electrons.